The molecule has 4 aliphatic rings. The number of ketones is 2. The van der Waals surface area contributed by atoms with Crippen LogP contribution >= 0.6 is 0 Å². The Labute approximate surface area is 142 Å². The van der Waals surface area contributed by atoms with E-state index in [4.69, 9.17) is 0 Å². The number of fused-ring (bicyclic) bond motifs is 5. The summed E-state index contributed by atoms with van der Waals surface area (Å²) in [6.45, 7) is 5.84. The largest absolute Gasteiger partial charge is 0.390 e. The van der Waals surface area contributed by atoms with Crippen molar-refractivity contribution < 1.29 is 19.1 Å². The monoisotopic (exact) mass is 334 g/mol. The van der Waals surface area contributed by atoms with Crippen molar-refractivity contribution >= 4 is 11.6 Å². The van der Waals surface area contributed by atoms with Crippen molar-refractivity contribution in [3.8, 4) is 0 Å². The Morgan fingerprint density at radius 1 is 1.21 bits per heavy atom. The lowest BCUT2D eigenvalue weighted by atomic mass is 9.46. The Bertz CT molecular complexity index is 651. The minimum Gasteiger partial charge on any atom is -0.390 e. The summed E-state index contributed by atoms with van der Waals surface area (Å²) in [6, 6.07) is 0. The predicted octanol–water partition coefficient (Wildman–Crippen LogP) is 3.40. The van der Waals surface area contributed by atoms with Gasteiger partial charge >= 0.3 is 0 Å². The van der Waals surface area contributed by atoms with Gasteiger partial charge in [-0.1, -0.05) is 13.8 Å². The predicted molar refractivity (Wildman–Crippen MR) is 88.0 cm³/mol. The van der Waals surface area contributed by atoms with Crippen LogP contribution in [0.25, 0.3) is 0 Å². The SMILES string of the molecule is C[C@]12CCC(=O)C=C1[C@@H](F)C[C@@H]1[C@@H]2C(=O)C[C@@]2(C)[C@H]1CC[C@]2(C)O. The van der Waals surface area contributed by atoms with Crippen LogP contribution in [-0.4, -0.2) is 28.4 Å². The fourth-order valence-corrected chi connectivity index (χ4v) is 6.61. The summed E-state index contributed by atoms with van der Waals surface area (Å²) >= 11 is 0. The number of hydrogen-bond acceptors (Lipinski definition) is 3. The molecular weight excluding hydrogens is 307 g/mol. The highest BCUT2D eigenvalue weighted by Crippen LogP contribution is 2.66. The van der Waals surface area contributed by atoms with E-state index >= 15 is 4.39 Å². The first kappa shape index (κ1) is 16.4. The Morgan fingerprint density at radius 2 is 1.92 bits per heavy atom. The van der Waals surface area contributed by atoms with Gasteiger partial charge in [-0.25, -0.2) is 4.39 Å². The van der Waals surface area contributed by atoms with Gasteiger partial charge in [0, 0.05) is 29.6 Å². The average Bonchev–Trinajstić information content (AvgIpc) is 2.71. The Kier molecular flexibility index (Phi) is 3.27. The van der Waals surface area contributed by atoms with Crippen molar-refractivity contribution in [1.82, 2.24) is 0 Å². The van der Waals surface area contributed by atoms with Crippen LogP contribution in [0, 0.1) is 28.6 Å². The van der Waals surface area contributed by atoms with Crippen LogP contribution in [0.4, 0.5) is 4.39 Å². The molecule has 0 heterocycles. The number of halogens is 1. The van der Waals surface area contributed by atoms with Crippen molar-refractivity contribution in [2.24, 2.45) is 28.6 Å². The Hall–Kier alpha value is -1.03. The van der Waals surface area contributed by atoms with Crippen LogP contribution in [0.15, 0.2) is 11.6 Å². The highest BCUT2D eigenvalue weighted by molar-refractivity contribution is 5.93. The van der Waals surface area contributed by atoms with Gasteiger partial charge in [-0.2, -0.15) is 0 Å². The number of carbonyl (C=O) groups is 2. The molecule has 24 heavy (non-hydrogen) atoms. The maximum Gasteiger partial charge on any atom is 0.155 e. The number of rotatable bonds is 0. The smallest absolute Gasteiger partial charge is 0.155 e. The van der Waals surface area contributed by atoms with E-state index in [0.29, 0.717) is 37.7 Å². The molecule has 0 saturated heterocycles. The van der Waals surface area contributed by atoms with Gasteiger partial charge in [-0.05, 0) is 56.1 Å². The van der Waals surface area contributed by atoms with Gasteiger partial charge < -0.3 is 5.11 Å². The summed E-state index contributed by atoms with van der Waals surface area (Å²) < 4.78 is 15.0. The molecule has 4 rings (SSSR count). The number of carbonyl (C=O) groups excluding carboxylic acids is 2. The minimum atomic E-state index is -1.14. The molecule has 0 spiro atoms. The molecule has 132 valence electrons. The first-order valence-corrected chi connectivity index (χ1v) is 9.24. The topological polar surface area (TPSA) is 54.4 Å². The molecule has 4 aliphatic carbocycles. The molecule has 0 aliphatic heterocycles. The van der Waals surface area contributed by atoms with Crippen molar-refractivity contribution in [2.45, 2.75) is 71.1 Å². The zero-order valence-corrected chi connectivity index (χ0v) is 14.8. The molecule has 3 fully saturated rings. The van der Waals surface area contributed by atoms with E-state index < -0.39 is 22.6 Å². The first-order valence-electron chi connectivity index (χ1n) is 9.24. The third kappa shape index (κ3) is 1.86. The van der Waals surface area contributed by atoms with E-state index in [-0.39, 0.29) is 29.3 Å². The fourth-order valence-electron chi connectivity index (χ4n) is 6.61. The molecule has 7 atom stereocenters. The number of Topliss-reactive ketones (excluding diaryl/α,β-unsaturated/α-hetero) is 1. The number of aliphatic hydroxyl groups is 1. The lowest BCUT2D eigenvalue weighted by Gasteiger charge is -2.58. The maximum absolute atomic E-state index is 15.0. The maximum atomic E-state index is 15.0. The second kappa shape index (κ2) is 4.78. The van der Waals surface area contributed by atoms with E-state index in [1.54, 1.807) is 0 Å². The molecule has 3 saturated carbocycles. The van der Waals surface area contributed by atoms with Gasteiger partial charge in [0.1, 0.15) is 12.0 Å². The normalized spacial score (nSPS) is 54.0. The minimum absolute atomic E-state index is 0.0135. The van der Waals surface area contributed by atoms with E-state index in [1.807, 2.05) is 20.8 Å². The Morgan fingerprint density at radius 3 is 2.62 bits per heavy atom. The van der Waals surface area contributed by atoms with Crippen LogP contribution in [0.5, 0.6) is 0 Å². The molecule has 0 aromatic rings. The van der Waals surface area contributed by atoms with Gasteiger partial charge in [0.2, 0.25) is 0 Å². The second-order valence-electron chi connectivity index (χ2n) is 9.31. The molecule has 1 N–H and O–H groups in total. The van der Waals surface area contributed by atoms with E-state index in [9.17, 15) is 14.7 Å². The molecule has 0 unspecified atom stereocenters. The average molecular weight is 334 g/mol. The van der Waals surface area contributed by atoms with Crippen molar-refractivity contribution in [1.29, 1.82) is 0 Å². The Balaban J connectivity index is 1.80. The zero-order valence-electron chi connectivity index (χ0n) is 14.8. The highest BCUT2D eigenvalue weighted by Gasteiger charge is 2.66. The number of alkyl halides is 1. The summed E-state index contributed by atoms with van der Waals surface area (Å²) in [4.78, 5) is 25.0. The molecule has 0 aromatic carbocycles. The van der Waals surface area contributed by atoms with E-state index in [0.717, 1.165) is 6.42 Å². The summed E-state index contributed by atoms with van der Waals surface area (Å²) in [5, 5.41) is 10.9. The number of hydrogen-bond donors (Lipinski definition) is 1. The second-order valence-corrected chi connectivity index (χ2v) is 9.31. The molecule has 0 aromatic heterocycles. The molecule has 0 radical (unpaired) electrons. The van der Waals surface area contributed by atoms with Gasteiger partial charge in [-0.3, -0.25) is 9.59 Å². The lowest BCUT2D eigenvalue weighted by Crippen LogP contribution is -2.59. The van der Waals surface area contributed by atoms with Crippen LogP contribution in [0.3, 0.4) is 0 Å². The van der Waals surface area contributed by atoms with Crippen LogP contribution in [0.1, 0.15) is 59.3 Å². The van der Waals surface area contributed by atoms with Gasteiger partial charge in [-0.15, -0.1) is 0 Å². The molecule has 0 amide bonds. The van der Waals surface area contributed by atoms with Gasteiger partial charge in [0.15, 0.2) is 5.78 Å². The summed E-state index contributed by atoms with van der Waals surface area (Å²) in [5.74, 6) is 0.118. The van der Waals surface area contributed by atoms with E-state index in [2.05, 4.69) is 0 Å². The van der Waals surface area contributed by atoms with E-state index in [1.165, 1.54) is 6.08 Å². The van der Waals surface area contributed by atoms with Gasteiger partial charge in [0.25, 0.3) is 0 Å². The zero-order chi connectivity index (χ0) is 17.5. The van der Waals surface area contributed by atoms with Gasteiger partial charge in [0.05, 0.1) is 5.60 Å². The van der Waals surface area contributed by atoms with Crippen molar-refractivity contribution in [2.75, 3.05) is 0 Å². The lowest BCUT2D eigenvalue weighted by molar-refractivity contribution is -0.159. The molecule has 3 nitrogen and oxygen atoms in total. The summed E-state index contributed by atoms with van der Waals surface area (Å²) in [6.07, 6.45) is 3.56. The van der Waals surface area contributed by atoms with Crippen LogP contribution < -0.4 is 0 Å². The summed E-state index contributed by atoms with van der Waals surface area (Å²) in [7, 11) is 0. The third-order valence-corrected chi connectivity index (χ3v) is 8.19. The van der Waals surface area contributed by atoms with Crippen molar-refractivity contribution in [3.05, 3.63) is 11.6 Å². The van der Waals surface area contributed by atoms with Crippen molar-refractivity contribution in [3.63, 3.8) is 0 Å². The first-order chi connectivity index (χ1) is 11.1. The van der Waals surface area contributed by atoms with Crippen LogP contribution in [-0.2, 0) is 9.59 Å². The molecular formula is C20H27FO3. The standard InChI is InChI=1S/C20H27FO3/c1-18-6-4-11(22)8-14(18)15(21)9-12-13-5-7-20(3,24)19(13,2)10-16(23)17(12)18/h8,12-13,15,17,24H,4-7,9-10H2,1-3H3/t12-,13-,15-,17+,18-,19-,20-/m0/s1. The highest BCUT2D eigenvalue weighted by atomic mass is 19.1. The molecule has 0 bridgehead atoms. The fraction of sp³-hybridized carbons (Fsp3) is 0.800. The third-order valence-electron chi connectivity index (χ3n) is 8.19. The number of allylic oxidation sites excluding steroid dienone is 1. The molecule has 4 heteroatoms. The van der Waals surface area contributed by atoms with Crippen LogP contribution in [0.2, 0.25) is 0 Å². The summed E-state index contributed by atoms with van der Waals surface area (Å²) in [5.41, 5.74) is -1.28. The quantitative estimate of drug-likeness (QED) is 0.739.